The quantitative estimate of drug-likeness (QED) is 0.544. The molecule has 0 aliphatic rings. The number of carbonyl (C=O) groups is 1. The summed E-state index contributed by atoms with van der Waals surface area (Å²) in [5, 5.41) is 10.3. The van der Waals surface area contributed by atoms with Crippen molar-refractivity contribution in [1.29, 1.82) is 0 Å². The monoisotopic (exact) mass is 366 g/mol. The second kappa shape index (κ2) is 6.10. The van der Waals surface area contributed by atoms with Gasteiger partial charge in [-0.2, -0.15) is 0 Å². The second-order valence-electron chi connectivity index (χ2n) is 7.09. The number of aromatic amines is 1. The molecule has 0 aliphatic carbocycles. The minimum absolute atomic E-state index is 0.143. The van der Waals surface area contributed by atoms with Crippen molar-refractivity contribution < 1.29 is 9.32 Å². The van der Waals surface area contributed by atoms with E-state index in [1.807, 2.05) is 51.1 Å². The number of benzene rings is 1. The Labute approximate surface area is 154 Å². The molecule has 26 heavy (non-hydrogen) atoms. The summed E-state index contributed by atoms with van der Waals surface area (Å²) < 4.78 is 5.20. The number of hydrogen-bond acceptors (Lipinski definition) is 5. The average Bonchev–Trinajstić information content (AvgIpc) is 3.32. The number of thiazole rings is 1. The average molecular weight is 366 g/mol. The van der Waals surface area contributed by atoms with Gasteiger partial charge in [-0.3, -0.25) is 10.1 Å². The maximum atomic E-state index is 12.4. The highest BCUT2D eigenvalue weighted by molar-refractivity contribution is 7.13. The minimum Gasteiger partial charge on any atom is -0.353 e. The van der Waals surface area contributed by atoms with E-state index < -0.39 is 0 Å². The van der Waals surface area contributed by atoms with Crippen molar-refractivity contribution in [2.24, 2.45) is 0 Å². The molecule has 3 aromatic heterocycles. The van der Waals surface area contributed by atoms with Gasteiger partial charge in [0.15, 0.2) is 0 Å². The molecule has 4 aromatic rings. The van der Waals surface area contributed by atoms with E-state index in [0.717, 1.165) is 27.3 Å². The summed E-state index contributed by atoms with van der Waals surface area (Å²) in [7, 11) is 0. The van der Waals surface area contributed by atoms with Crippen molar-refractivity contribution in [3.05, 3.63) is 53.2 Å². The largest absolute Gasteiger partial charge is 0.353 e. The van der Waals surface area contributed by atoms with E-state index in [4.69, 9.17) is 4.52 Å². The Kier molecular flexibility index (Phi) is 3.88. The lowest BCUT2D eigenvalue weighted by molar-refractivity contribution is 0.102. The van der Waals surface area contributed by atoms with Gasteiger partial charge in [-0.15, -0.1) is 11.3 Å². The molecule has 0 unspecified atom stereocenters. The van der Waals surface area contributed by atoms with Crippen molar-refractivity contribution in [2.75, 3.05) is 5.32 Å². The van der Waals surface area contributed by atoms with E-state index in [0.29, 0.717) is 11.6 Å². The summed E-state index contributed by atoms with van der Waals surface area (Å²) in [6.45, 7) is 6.09. The van der Waals surface area contributed by atoms with Crippen LogP contribution in [0.25, 0.3) is 21.6 Å². The fraction of sp³-hybridized carbons (Fsp3) is 0.211. The number of fused-ring (bicyclic) bond motifs is 1. The van der Waals surface area contributed by atoms with Crippen LogP contribution >= 0.6 is 11.3 Å². The van der Waals surface area contributed by atoms with Gasteiger partial charge < -0.3 is 9.51 Å². The molecular formula is C19H18N4O2S. The van der Waals surface area contributed by atoms with Gasteiger partial charge in [0.05, 0.1) is 11.4 Å². The molecule has 0 saturated heterocycles. The lowest BCUT2D eigenvalue weighted by Crippen LogP contribution is -2.12. The number of amides is 1. The van der Waals surface area contributed by atoms with Gasteiger partial charge in [-0.1, -0.05) is 44.1 Å². The molecule has 3 heterocycles. The predicted molar refractivity (Wildman–Crippen MR) is 103 cm³/mol. The molecule has 0 saturated carbocycles. The van der Waals surface area contributed by atoms with Gasteiger partial charge >= 0.3 is 0 Å². The van der Waals surface area contributed by atoms with Crippen LogP contribution in [0.15, 0.2) is 46.3 Å². The number of rotatable bonds is 3. The third-order valence-corrected chi connectivity index (χ3v) is 4.89. The van der Waals surface area contributed by atoms with E-state index in [9.17, 15) is 4.79 Å². The molecule has 4 rings (SSSR count). The first-order chi connectivity index (χ1) is 12.4. The molecule has 0 atom stereocenters. The third kappa shape index (κ3) is 3.13. The number of anilines is 1. The van der Waals surface area contributed by atoms with Gasteiger partial charge in [0.2, 0.25) is 5.88 Å². The van der Waals surface area contributed by atoms with Crippen molar-refractivity contribution >= 4 is 34.0 Å². The standard InChI is InChI=1S/C19H18N4O2S/c1-19(2,3)15-9-16(25-23-15)22-17(24)14-10-26-18(21-14)13-8-11-6-4-5-7-12(11)20-13/h4-10,20H,1-3H3,(H,22,24). The minimum atomic E-state index is -0.319. The SMILES string of the molecule is CC(C)(C)c1cc(NC(=O)c2csc(-c3cc4ccccc4[nH]3)n2)on1. The van der Waals surface area contributed by atoms with E-state index in [1.54, 1.807) is 11.4 Å². The summed E-state index contributed by atoms with van der Waals surface area (Å²) >= 11 is 1.42. The molecule has 1 aromatic carbocycles. The fourth-order valence-electron chi connectivity index (χ4n) is 2.55. The molecule has 132 valence electrons. The van der Waals surface area contributed by atoms with E-state index in [1.165, 1.54) is 11.3 Å². The molecule has 7 heteroatoms. The highest BCUT2D eigenvalue weighted by Gasteiger charge is 2.21. The van der Waals surface area contributed by atoms with Gasteiger partial charge in [0.1, 0.15) is 10.7 Å². The van der Waals surface area contributed by atoms with Crippen LogP contribution in [0.1, 0.15) is 37.0 Å². The lowest BCUT2D eigenvalue weighted by atomic mass is 9.92. The lowest BCUT2D eigenvalue weighted by Gasteiger charge is -2.12. The summed E-state index contributed by atoms with van der Waals surface area (Å²) in [5.74, 6) is 0.000285. The zero-order chi connectivity index (χ0) is 18.3. The highest BCUT2D eigenvalue weighted by atomic mass is 32.1. The Balaban J connectivity index is 1.53. The second-order valence-corrected chi connectivity index (χ2v) is 7.95. The van der Waals surface area contributed by atoms with Crippen molar-refractivity contribution in [1.82, 2.24) is 15.1 Å². The molecule has 6 nitrogen and oxygen atoms in total. The normalized spacial score (nSPS) is 11.8. The van der Waals surface area contributed by atoms with Crippen LogP contribution in [0.2, 0.25) is 0 Å². The van der Waals surface area contributed by atoms with Gasteiger partial charge in [0, 0.05) is 27.8 Å². The van der Waals surface area contributed by atoms with E-state index in [-0.39, 0.29) is 11.3 Å². The molecule has 1 amide bonds. The fourth-order valence-corrected chi connectivity index (χ4v) is 3.32. The maximum Gasteiger partial charge on any atom is 0.277 e. The van der Waals surface area contributed by atoms with Crippen LogP contribution in [0.5, 0.6) is 0 Å². The van der Waals surface area contributed by atoms with Gasteiger partial charge in [-0.05, 0) is 12.1 Å². The molecular weight excluding hydrogens is 348 g/mol. The smallest absolute Gasteiger partial charge is 0.277 e. The van der Waals surface area contributed by atoms with Crippen molar-refractivity contribution in [3.8, 4) is 10.7 Å². The Morgan fingerprint density at radius 1 is 1.23 bits per heavy atom. The Morgan fingerprint density at radius 2 is 2.04 bits per heavy atom. The number of nitrogens with zero attached hydrogens (tertiary/aromatic N) is 2. The number of hydrogen-bond donors (Lipinski definition) is 2. The number of nitrogens with one attached hydrogen (secondary N) is 2. The molecule has 0 aliphatic heterocycles. The first kappa shape index (κ1) is 16.5. The molecule has 2 N–H and O–H groups in total. The van der Waals surface area contributed by atoms with Crippen LogP contribution in [0.3, 0.4) is 0 Å². The highest BCUT2D eigenvalue weighted by Crippen LogP contribution is 2.28. The summed E-state index contributed by atoms with van der Waals surface area (Å²) in [6.07, 6.45) is 0. The van der Waals surface area contributed by atoms with Crippen LogP contribution in [-0.4, -0.2) is 21.0 Å². The number of aromatic nitrogens is 3. The van der Waals surface area contributed by atoms with Crippen LogP contribution in [0, 0.1) is 0 Å². The predicted octanol–water partition coefficient (Wildman–Crippen LogP) is 4.83. The van der Waals surface area contributed by atoms with Crippen molar-refractivity contribution in [3.63, 3.8) is 0 Å². The number of carbonyl (C=O) groups excluding carboxylic acids is 1. The van der Waals surface area contributed by atoms with Crippen molar-refractivity contribution in [2.45, 2.75) is 26.2 Å². The maximum absolute atomic E-state index is 12.4. The Hall–Kier alpha value is -2.93. The first-order valence-corrected chi connectivity index (χ1v) is 9.10. The Bertz CT molecular complexity index is 1050. The van der Waals surface area contributed by atoms with Crippen LogP contribution in [-0.2, 0) is 5.41 Å². The van der Waals surface area contributed by atoms with E-state index >= 15 is 0 Å². The van der Waals surface area contributed by atoms with Gasteiger partial charge in [-0.25, -0.2) is 4.98 Å². The molecule has 0 radical (unpaired) electrons. The third-order valence-electron chi connectivity index (χ3n) is 4.01. The molecule has 0 spiro atoms. The van der Waals surface area contributed by atoms with Gasteiger partial charge in [0.25, 0.3) is 5.91 Å². The topological polar surface area (TPSA) is 83.8 Å². The number of para-hydroxylation sites is 1. The van der Waals surface area contributed by atoms with Crippen LogP contribution in [0.4, 0.5) is 5.88 Å². The summed E-state index contributed by atoms with van der Waals surface area (Å²) in [6, 6.07) is 11.8. The molecule has 0 bridgehead atoms. The Morgan fingerprint density at radius 3 is 2.77 bits per heavy atom. The zero-order valence-electron chi connectivity index (χ0n) is 14.7. The molecule has 0 fully saturated rings. The van der Waals surface area contributed by atoms with Crippen LogP contribution < -0.4 is 5.32 Å². The first-order valence-electron chi connectivity index (χ1n) is 8.22. The van der Waals surface area contributed by atoms with E-state index in [2.05, 4.69) is 20.4 Å². The summed E-state index contributed by atoms with van der Waals surface area (Å²) in [5.41, 5.74) is 2.92. The zero-order valence-corrected chi connectivity index (χ0v) is 15.5. The summed E-state index contributed by atoms with van der Waals surface area (Å²) in [4.78, 5) is 20.2. The number of H-pyrrole nitrogens is 1.